The maximum absolute atomic E-state index is 5.79. The van der Waals surface area contributed by atoms with Gasteiger partial charge in [-0.2, -0.15) is 5.10 Å². The van der Waals surface area contributed by atoms with Crippen LogP contribution in [0, 0.1) is 6.92 Å². The number of nitrogens with zero attached hydrogens (tertiary/aromatic N) is 1. The molecule has 0 bridgehead atoms. The summed E-state index contributed by atoms with van der Waals surface area (Å²) in [7, 11) is 0. The predicted molar refractivity (Wildman–Crippen MR) is 103 cm³/mol. The third kappa shape index (κ3) is 4.53. The summed E-state index contributed by atoms with van der Waals surface area (Å²) in [5, 5.41) is 8.03. The standard InChI is InChI=1S/C18H22N4S/c1-4-14-8-5-7-12(2)17(14)20-18(23)22-21-13(3)15-9-6-10-16(19)11-15/h5-11H,4,19H2,1-3H3,(H2,20,22,23)/b21-13-. The average molecular weight is 326 g/mol. The van der Waals surface area contributed by atoms with Crippen molar-refractivity contribution in [1.82, 2.24) is 5.43 Å². The Labute approximate surface area is 142 Å². The molecule has 0 fully saturated rings. The Balaban J connectivity index is 2.07. The van der Waals surface area contributed by atoms with Gasteiger partial charge in [-0.1, -0.05) is 37.3 Å². The first kappa shape index (κ1) is 17.0. The van der Waals surface area contributed by atoms with E-state index in [-0.39, 0.29) is 0 Å². The topological polar surface area (TPSA) is 62.4 Å². The van der Waals surface area contributed by atoms with Gasteiger partial charge in [0.1, 0.15) is 0 Å². The third-order valence-corrected chi connectivity index (χ3v) is 3.80. The fraction of sp³-hybridized carbons (Fsp3) is 0.222. The van der Waals surface area contributed by atoms with Crippen LogP contribution in [0.2, 0.25) is 0 Å². The fourth-order valence-corrected chi connectivity index (χ4v) is 2.45. The molecule has 2 aromatic rings. The lowest BCUT2D eigenvalue weighted by atomic mass is 10.1. The van der Waals surface area contributed by atoms with Gasteiger partial charge in [0.25, 0.3) is 0 Å². The van der Waals surface area contributed by atoms with Crippen LogP contribution in [0.15, 0.2) is 47.6 Å². The SMILES string of the molecule is CCc1cccc(C)c1NC(=S)N/N=C(/C)c1cccc(N)c1. The zero-order valence-corrected chi connectivity index (χ0v) is 14.5. The van der Waals surface area contributed by atoms with Crippen molar-refractivity contribution in [2.24, 2.45) is 5.10 Å². The fourth-order valence-electron chi connectivity index (χ4n) is 2.31. The van der Waals surface area contributed by atoms with E-state index in [1.165, 1.54) is 5.56 Å². The lowest BCUT2D eigenvalue weighted by Crippen LogP contribution is -2.26. The van der Waals surface area contributed by atoms with Gasteiger partial charge >= 0.3 is 0 Å². The first-order chi connectivity index (χ1) is 11.0. The normalized spacial score (nSPS) is 11.2. The molecule has 0 unspecified atom stereocenters. The van der Waals surface area contributed by atoms with Crippen LogP contribution in [0.3, 0.4) is 0 Å². The number of hydrazone groups is 1. The summed E-state index contributed by atoms with van der Waals surface area (Å²) in [6, 6.07) is 13.8. The number of hydrogen-bond acceptors (Lipinski definition) is 3. The first-order valence-electron chi connectivity index (χ1n) is 7.57. The van der Waals surface area contributed by atoms with Crippen molar-refractivity contribution in [3.8, 4) is 0 Å². The number of rotatable bonds is 4. The van der Waals surface area contributed by atoms with Crippen molar-refractivity contribution in [2.75, 3.05) is 11.1 Å². The number of hydrogen-bond donors (Lipinski definition) is 3. The van der Waals surface area contributed by atoms with Crippen LogP contribution in [-0.2, 0) is 6.42 Å². The highest BCUT2D eigenvalue weighted by Gasteiger charge is 2.06. The number of anilines is 2. The van der Waals surface area contributed by atoms with E-state index in [0.29, 0.717) is 10.8 Å². The highest BCUT2D eigenvalue weighted by molar-refractivity contribution is 7.80. The molecular weight excluding hydrogens is 304 g/mol. The molecule has 0 atom stereocenters. The molecule has 23 heavy (non-hydrogen) atoms. The molecule has 4 nitrogen and oxygen atoms in total. The van der Waals surface area contributed by atoms with E-state index in [9.17, 15) is 0 Å². The Kier molecular flexibility index (Phi) is 5.71. The minimum atomic E-state index is 0.470. The average Bonchev–Trinajstić information content (AvgIpc) is 2.54. The van der Waals surface area contributed by atoms with Crippen LogP contribution in [-0.4, -0.2) is 10.8 Å². The van der Waals surface area contributed by atoms with Gasteiger partial charge in [-0.15, -0.1) is 0 Å². The van der Waals surface area contributed by atoms with Gasteiger partial charge in [-0.25, -0.2) is 0 Å². The molecule has 0 aliphatic carbocycles. The monoisotopic (exact) mass is 326 g/mol. The quantitative estimate of drug-likeness (QED) is 0.346. The third-order valence-electron chi connectivity index (χ3n) is 3.61. The zero-order chi connectivity index (χ0) is 16.8. The van der Waals surface area contributed by atoms with Gasteiger partial charge < -0.3 is 11.1 Å². The van der Waals surface area contributed by atoms with E-state index in [2.05, 4.69) is 47.9 Å². The molecule has 0 saturated carbocycles. The van der Waals surface area contributed by atoms with E-state index in [0.717, 1.165) is 28.9 Å². The molecule has 0 radical (unpaired) electrons. The molecule has 0 heterocycles. The highest BCUT2D eigenvalue weighted by Crippen LogP contribution is 2.20. The maximum atomic E-state index is 5.79. The molecule has 120 valence electrons. The van der Waals surface area contributed by atoms with Crippen LogP contribution >= 0.6 is 12.2 Å². The van der Waals surface area contributed by atoms with Crippen LogP contribution in [0.5, 0.6) is 0 Å². The molecule has 0 aromatic heterocycles. The Morgan fingerprint density at radius 3 is 2.65 bits per heavy atom. The van der Waals surface area contributed by atoms with E-state index in [1.54, 1.807) is 0 Å². The Bertz CT molecular complexity index is 738. The zero-order valence-electron chi connectivity index (χ0n) is 13.7. The molecule has 4 N–H and O–H groups in total. The van der Waals surface area contributed by atoms with E-state index >= 15 is 0 Å². The minimum Gasteiger partial charge on any atom is -0.399 e. The molecular formula is C18H22N4S. The van der Waals surface area contributed by atoms with Crippen molar-refractivity contribution in [3.05, 3.63) is 59.2 Å². The second kappa shape index (κ2) is 7.74. The Hall–Kier alpha value is -2.40. The maximum Gasteiger partial charge on any atom is 0.191 e. The molecule has 0 aliphatic heterocycles. The molecule has 0 aliphatic rings. The lowest BCUT2D eigenvalue weighted by Gasteiger charge is -2.14. The summed E-state index contributed by atoms with van der Waals surface area (Å²) < 4.78 is 0. The number of nitrogens with two attached hydrogens (primary N) is 1. The summed E-state index contributed by atoms with van der Waals surface area (Å²) in [6.45, 7) is 6.10. The summed E-state index contributed by atoms with van der Waals surface area (Å²) in [6.07, 6.45) is 0.943. The molecule has 2 aromatic carbocycles. The highest BCUT2D eigenvalue weighted by atomic mass is 32.1. The van der Waals surface area contributed by atoms with Crippen molar-refractivity contribution < 1.29 is 0 Å². The second-order valence-electron chi connectivity index (χ2n) is 5.35. The van der Waals surface area contributed by atoms with Crippen molar-refractivity contribution >= 4 is 34.4 Å². The van der Waals surface area contributed by atoms with Crippen molar-refractivity contribution in [3.63, 3.8) is 0 Å². The van der Waals surface area contributed by atoms with E-state index in [4.69, 9.17) is 18.0 Å². The molecule has 5 heteroatoms. The molecule has 0 spiro atoms. The first-order valence-corrected chi connectivity index (χ1v) is 7.97. The Morgan fingerprint density at radius 1 is 1.22 bits per heavy atom. The number of para-hydroxylation sites is 1. The number of thiocarbonyl (C=S) groups is 1. The largest absolute Gasteiger partial charge is 0.399 e. The van der Waals surface area contributed by atoms with E-state index < -0.39 is 0 Å². The minimum absolute atomic E-state index is 0.470. The summed E-state index contributed by atoms with van der Waals surface area (Å²) in [5.41, 5.74) is 14.6. The number of nitrogens with one attached hydrogen (secondary N) is 2. The van der Waals surface area contributed by atoms with Gasteiger partial charge in [0.05, 0.1) is 5.71 Å². The molecule has 0 amide bonds. The van der Waals surface area contributed by atoms with Crippen molar-refractivity contribution in [1.29, 1.82) is 0 Å². The van der Waals surface area contributed by atoms with Crippen LogP contribution in [0.1, 0.15) is 30.5 Å². The van der Waals surface area contributed by atoms with Gasteiger partial charge in [0.2, 0.25) is 0 Å². The summed E-state index contributed by atoms with van der Waals surface area (Å²) >= 11 is 5.34. The van der Waals surface area contributed by atoms with Gasteiger partial charge in [-0.3, -0.25) is 5.43 Å². The molecule has 0 saturated heterocycles. The second-order valence-corrected chi connectivity index (χ2v) is 5.76. The van der Waals surface area contributed by atoms with Crippen LogP contribution < -0.4 is 16.5 Å². The van der Waals surface area contributed by atoms with E-state index in [1.807, 2.05) is 31.2 Å². The summed E-state index contributed by atoms with van der Waals surface area (Å²) in [4.78, 5) is 0. The number of nitrogen functional groups attached to an aromatic ring is 1. The number of benzene rings is 2. The van der Waals surface area contributed by atoms with Crippen molar-refractivity contribution in [2.45, 2.75) is 27.2 Å². The lowest BCUT2D eigenvalue weighted by molar-refractivity contribution is 1.03. The van der Waals surface area contributed by atoms with Crippen LogP contribution in [0.4, 0.5) is 11.4 Å². The van der Waals surface area contributed by atoms with Gasteiger partial charge in [0.15, 0.2) is 5.11 Å². The number of aryl methyl sites for hydroxylation is 2. The molecule has 2 rings (SSSR count). The van der Waals surface area contributed by atoms with Crippen LogP contribution in [0.25, 0.3) is 0 Å². The Morgan fingerprint density at radius 2 is 1.96 bits per heavy atom. The van der Waals surface area contributed by atoms with Gasteiger partial charge in [0, 0.05) is 11.4 Å². The van der Waals surface area contributed by atoms with Gasteiger partial charge in [-0.05, 0) is 61.3 Å². The predicted octanol–water partition coefficient (Wildman–Crippen LogP) is 3.85. The smallest absolute Gasteiger partial charge is 0.191 e. The summed E-state index contributed by atoms with van der Waals surface area (Å²) in [5.74, 6) is 0.